The molecule has 1 aromatic carbocycles. The summed E-state index contributed by atoms with van der Waals surface area (Å²) < 4.78 is 9.90. The van der Waals surface area contributed by atoms with Gasteiger partial charge in [0.2, 0.25) is 0 Å². The minimum Gasteiger partial charge on any atom is -0.464 e. The van der Waals surface area contributed by atoms with E-state index in [4.69, 9.17) is 9.47 Å². The van der Waals surface area contributed by atoms with Crippen LogP contribution < -0.4 is 0 Å². The van der Waals surface area contributed by atoms with Crippen molar-refractivity contribution in [1.29, 1.82) is 0 Å². The number of carbonyl (C=O) groups excluding carboxylic acids is 1. The van der Waals surface area contributed by atoms with Crippen molar-refractivity contribution in [3.8, 4) is 0 Å². The Hall–Kier alpha value is -1.39. The highest BCUT2D eigenvalue weighted by Crippen LogP contribution is 2.20. The predicted molar refractivity (Wildman–Crippen MR) is 66.0 cm³/mol. The number of benzene rings is 1. The van der Waals surface area contributed by atoms with Crippen molar-refractivity contribution in [3.63, 3.8) is 0 Å². The first-order valence-electron chi connectivity index (χ1n) is 6.22. The molecule has 1 unspecified atom stereocenters. The number of ether oxygens (including phenoxy) is 2. The lowest BCUT2D eigenvalue weighted by Crippen LogP contribution is -2.29. The van der Waals surface area contributed by atoms with E-state index in [2.05, 4.69) is 0 Å². The fraction of sp³-hybridized carbons (Fsp3) is 0.500. The van der Waals surface area contributed by atoms with E-state index >= 15 is 0 Å². The Morgan fingerprint density at radius 2 is 2.11 bits per heavy atom. The third-order valence-electron chi connectivity index (χ3n) is 3.04. The van der Waals surface area contributed by atoms with E-state index in [1.165, 1.54) is 5.56 Å². The lowest BCUT2D eigenvalue weighted by Gasteiger charge is -2.25. The highest BCUT2D eigenvalue weighted by atomic mass is 16.5. The first-order valence-corrected chi connectivity index (χ1v) is 6.22. The molecule has 1 aliphatic rings. The van der Waals surface area contributed by atoms with Crippen LogP contribution in [0.2, 0.25) is 0 Å². The van der Waals surface area contributed by atoms with Crippen molar-refractivity contribution in [2.45, 2.75) is 19.4 Å². The highest BCUT2D eigenvalue weighted by molar-refractivity contribution is 5.76. The Kier molecular flexibility index (Phi) is 4.33. The molecule has 0 spiro atoms. The Bertz CT molecular complexity index is 395. The second kappa shape index (κ2) is 5.98. The van der Waals surface area contributed by atoms with Crippen LogP contribution in [0.15, 0.2) is 24.3 Å². The summed E-state index contributed by atoms with van der Waals surface area (Å²) in [5, 5.41) is 9.76. The van der Waals surface area contributed by atoms with Crippen molar-refractivity contribution in [1.82, 2.24) is 0 Å². The van der Waals surface area contributed by atoms with E-state index in [-0.39, 0.29) is 6.61 Å². The number of aliphatic hydroxyl groups is 1. The minimum absolute atomic E-state index is 0.273. The Morgan fingerprint density at radius 3 is 2.61 bits per heavy atom. The van der Waals surface area contributed by atoms with Crippen LogP contribution in [-0.4, -0.2) is 30.9 Å². The zero-order valence-electron chi connectivity index (χ0n) is 10.5. The molecule has 0 amide bonds. The fourth-order valence-electron chi connectivity index (χ4n) is 1.93. The molecule has 1 N–H and O–H groups in total. The van der Waals surface area contributed by atoms with Crippen molar-refractivity contribution < 1.29 is 19.4 Å². The average Bonchev–Trinajstić information content (AvgIpc) is 2.34. The molecule has 1 aliphatic heterocycles. The SMILES string of the molecule is CCOC(=O)C(O)c1ccc(CC2COC2)cc1. The molecule has 2 rings (SSSR count). The van der Waals surface area contributed by atoms with Gasteiger partial charge in [-0.1, -0.05) is 24.3 Å². The lowest BCUT2D eigenvalue weighted by molar-refractivity contribution is -0.153. The first-order chi connectivity index (χ1) is 8.70. The molecule has 1 aromatic rings. The van der Waals surface area contributed by atoms with Gasteiger partial charge in [0, 0.05) is 5.92 Å². The van der Waals surface area contributed by atoms with E-state index in [1.54, 1.807) is 19.1 Å². The normalized spacial score (nSPS) is 17.0. The molecule has 1 heterocycles. The molecule has 4 nitrogen and oxygen atoms in total. The van der Waals surface area contributed by atoms with E-state index < -0.39 is 12.1 Å². The van der Waals surface area contributed by atoms with Gasteiger partial charge in [0.25, 0.3) is 0 Å². The van der Waals surface area contributed by atoms with Gasteiger partial charge in [0.05, 0.1) is 19.8 Å². The molecule has 0 radical (unpaired) electrons. The molecule has 0 saturated carbocycles. The Labute approximate surface area is 107 Å². The van der Waals surface area contributed by atoms with Gasteiger partial charge in [-0.3, -0.25) is 0 Å². The van der Waals surface area contributed by atoms with Crippen LogP contribution in [0.3, 0.4) is 0 Å². The Morgan fingerprint density at radius 1 is 1.44 bits per heavy atom. The summed E-state index contributed by atoms with van der Waals surface area (Å²) >= 11 is 0. The quantitative estimate of drug-likeness (QED) is 0.804. The van der Waals surface area contributed by atoms with Crippen LogP contribution in [-0.2, 0) is 20.7 Å². The van der Waals surface area contributed by atoms with Gasteiger partial charge < -0.3 is 14.6 Å². The lowest BCUT2D eigenvalue weighted by atomic mass is 9.96. The van der Waals surface area contributed by atoms with Crippen LogP contribution in [0.5, 0.6) is 0 Å². The van der Waals surface area contributed by atoms with Gasteiger partial charge in [0.1, 0.15) is 0 Å². The topological polar surface area (TPSA) is 55.8 Å². The van der Waals surface area contributed by atoms with Gasteiger partial charge in [-0.05, 0) is 24.5 Å². The molecule has 0 aliphatic carbocycles. The monoisotopic (exact) mass is 250 g/mol. The standard InChI is InChI=1S/C14H18O4/c1-2-18-14(16)13(15)12-5-3-10(4-6-12)7-11-8-17-9-11/h3-6,11,13,15H,2,7-9H2,1H3. The zero-order chi connectivity index (χ0) is 13.0. The molecular weight excluding hydrogens is 232 g/mol. The number of hydrogen-bond acceptors (Lipinski definition) is 4. The molecule has 0 bridgehead atoms. The summed E-state index contributed by atoms with van der Waals surface area (Å²) in [5.74, 6) is 0.00322. The van der Waals surface area contributed by atoms with Crippen molar-refractivity contribution in [2.75, 3.05) is 19.8 Å². The van der Waals surface area contributed by atoms with Crippen molar-refractivity contribution in [3.05, 3.63) is 35.4 Å². The van der Waals surface area contributed by atoms with Gasteiger partial charge in [0.15, 0.2) is 6.10 Å². The van der Waals surface area contributed by atoms with Crippen LogP contribution in [0.1, 0.15) is 24.2 Å². The zero-order valence-corrected chi connectivity index (χ0v) is 10.5. The molecule has 1 saturated heterocycles. The largest absolute Gasteiger partial charge is 0.464 e. The molecule has 1 atom stereocenters. The van der Waals surface area contributed by atoms with Gasteiger partial charge >= 0.3 is 5.97 Å². The average molecular weight is 250 g/mol. The summed E-state index contributed by atoms with van der Waals surface area (Å²) in [6.45, 7) is 3.64. The third-order valence-corrected chi connectivity index (χ3v) is 3.04. The number of carbonyl (C=O) groups is 1. The van der Waals surface area contributed by atoms with Crippen LogP contribution in [0.4, 0.5) is 0 Å². The van der Waals surface area contributed by atoms with Gasteiger partial charge in [-0.25, -0.2) is 4.79 Å². The maximum atomic E-state index is 11.4. The molecular formula is C14H18O4. The summed E-state index contributed by atoms with van der Waals surface area (Å²) in [5.41, 5.74) is 1.77. The summed E-state index contributed by atoms with van der Waals surface area (Å²) in [4.78, 5) is 11.4. The summed E-state index contributed by atoms with van der Waals surface area (Å²) in [6.07, 6.45) is -0.207. The Balaban J connectivity index is 1.95. The maximum absolute atomic E-state index is 11.4. The van der Waals surface area contributed by atoms with E-state index in [0.29, 0.717) is 11.5 Å². The number of aliphatic hydroxyl groups excluding tert-OH is 1. The molecule has 98 valence electrons. The maximum Gasteiger partial charge on any atom is 0.339 e. The first kappa shape index (κ1) is 13.1. The van der Waals surface area contributed by atoms with Gasteiger partial charge in [-0.15, -0.1) is 0 Å². The van der Waals surface area contributed by atoms with E-state index in [9.17, 15) is 9.90 Å². The smallest absolute Gasteiger partial charge is 0.339 e. The molecule has 18 heavy (non-hydrogen) atoms. The van der Waals surface area contributed by atoms with Crippen molar-refractivity contribution >= 4 is 5.97 Å². The van der Waals surface area contributed by atoms with Crippen LogP contribution >= 0.6 is 0 Å². The van der Waals surface area contributed by atoms with Crippen LogP contribution in [0, 0.1) is 5.92 Å². The number of hydrogen-bond donors (Lipinski definition) is 1. The number of rotatable bonds is 5. The van der Waals surface area contributed by atoms with E-state index in [1.807, 2.05) is 12.1 Å². The molecule has 0 aromatic heterocycles. The predicted octanol–water partition coefficient (Wildman–Crippen LogP) is 1.47. The summed E-state index contributed by atoms with van der Waals surface area (Å²) in [6, 6.07) is 7.43. The summed E-state index contributed by atoms with van der Waals surface area (Å²) in [7, 11) is 0. The highest BCUT2D eigenvalue weighted by Gasteiger charge is 2.20. The second-order valence-electron chi connectivity index (χ2n) is 4.50. The number of esters is 1. The minimum atomic E-state index is -1.19. The van der Waals surface area contributed by atoms with Crippen LogP contribution in [0.25, 0.3) is 0 Å². The van der Waals surface area contributed by atoms with E-state index in [0.717, 1.165) is 19.6 Å². The van der Waals surface area contributed by atoms with Crippen molar-refractivity contribution in [2.24, 2.45) is 5.92 Å². The third kappa shape index (κ3) is 3.09. The fourth-order valence-corrected chi connectivity index (χ4v) is 1.93. The molecule has 4 heteroatoms. The molecule has 1 fully saturated rings. The van der Waals surface area contributed by atoms with Gasteiger partial charge in [-0.2, -0.15) is 0 Å². The second-order valence-corrected chi connectivity index (χ2v) is 4.50.